The van der Waals surface area contributed by atoms with Crippen LogP contribution in [0.1, 0.15) is 13.2 Å². The zero-order valence-corrected chi connectivity index (χ0v) is 12.3. The van der Waals surface area contributed by atoms with Crippen molar-refractivity contribution >= 4 is 29.0 Å². The lowest BCUT2D eigenvalue weighted by Gasteiger charge is -2.24. The largest absolute Gasteiger partial charge is 0.391 e. The first-order valence-electron chi connectivity index (χ1n) is 5.86. The Morgan fingerprint density at radius 2 is 2.33 bits per heavy atom. The highest BCUT2D eigenvalue weighted by Crippen LogP contribution is 2.43. The maximum Gasteiger partial charge on any atom is 0.368 e. The minimum absolute atomic E-state index is 0.0783. The fourth-order valence-corrected chi connectivity index (χ4v) is 2.57. The standard InChI is InChI=1S/C11H12Cl2N4O4/c1-5(18)7-8(19)11(13,2-3-12)9(21-7)17-10(20)16-6(14)4-15-17/h4-5,7-9,18-19H,1H3,(H2,14,16,20)/t5-,7-,8?,9-,11?/m1/s1. The van der Waals surface area contributed by atoms with E-state index >= 15 is 0 Å². The molecule has 0 amide bonds. The molecule has 8 nitrogen and oxygen atoms in total. The molecule has 1 aromatic heterocycles. The third-order valence-corrected chi connectivity index (χ3v) is 3.66. The van der Waals surface area contributed by atoms with Gasteiger partial charge in [0, 0.05) is 5.38 Å². The van der Waals surface area contributed by atoms with E-state index in [9.17, 15) is 15.0 Å². The van der Waals surface area contributed by atoms with Gasteiger partial charge in [-0.1, -0.05) is 17.5 Å². The van der Waals surface area contributed by atoms with Crippen molar-refractivity contribution in [3.05, 3.63) is 16.7 Å². The number of nitrogens with two attached hydrogens (primary N) is 1. The Bertz CT molecular complexity index is 656. The van der Waals surface area contributed by atoms with Gasteiger partial charge in [-0.2, -0.15) is 14.8 Å². The highest BCUT2D eigenvalue weighted by Gasteiger charge is 2.57. The zero-order chi connectivity index (χ0) is 15.8. The topological polar surface area (TPSA) is 123 Å². The molecule has 4 N–H and O–H groups in total. The van der Waals surface area contributed by atoms with Crippen LogP contribution in [0.25, 0.3) is 0 Å². The van der Waals surface area contributed by atoms with Gasteiger partial charge in [0.05, 0.1) is 12.3 Å². The monoisotopic (exact) mass is 334 g/mol. The molecule has 5 atom stereocenters. The molecule has 114 valence electrons. The van der Waals surface area contributed by atoms with Crippen LogP contribution >= 0.6 is 23.2 Å². The molecular formula is C11H12Cl2N4O4. The minimum atomic E-state index is -1.77. The second-order valence-electron chi connectivity index (χ2n) is 4.53. The molecule has 2 heterocycles. The van der Waals surface area contributed by atoms with Gasteiger partial charge in [0.2, 0.25) is 0 Å². The average Bonchev–Trinajstić information content (AvgIpc) is 2.64. The van der Waals surface area contributed by atoms with Crippen LogP contribution in [0.5, 0.6) is 0 Å². The molecule has 1 aromatic rings. The molecule has 1 aliphatic rings. The number of aromatic nitrogens is 3. The number of nitrogen functional groups attached to an aromatic ring is 1. The highest BCUT2D eigenvalue weighted by atomic mass is 35.5. The van der Waals surface area contributed by atoms with Crippen molar-refractivity contribution in [3.63, 3.8) is 0 Å². The minimum Gasteiger partial charge on any atom is -0.391 e. The normalized spacial score (nSPS) is 33.3. The van der Waals surface area contributed by atoms with Gasteiger partial charge in [-0.15, -0.1) is 0 Å². The summed E-state index contributed by atoms with van der Waals surface area (Å²) in [6.07, 6.45) is -3.70. The number of alkyl halides is 1. The van der Waals surface area contributed by atoms with Gasteiger partial charge in [-0.25, -0.2) is 4.79 Å². The van der Waals surface area contributed by atoms with E-state index in [2.05, 4.69) is 21.4 Å². The summed E-state index contributed by atoms with van der Waals surface area (Å²) in [5.41, 5.74) is 4.52. The van der Waals surface area contributed by atoms with E-state index in [4.69, 9.17) is 33.7 Å². The number of aliphatic hydroxyl groups is 2. The first-order chi connectivity index (χ1) is 9.81. The molecule has 1 aliphatic heterocycles. The third kappa shape index (κ3) is 2.71. The SMILES string of the molecule is C[C@@H](O)[C@H]1O[C@@H](n2ncc(N)nc2=O)C(Cl)(C#CCl)C1O. The summed E-state index contributed by atoms with van der Waals surface area (Å²) in [5, 5.41) is 25.7. The summed E-state index contributed by atoms with van der Waals surface area (Å²) < 4.78 is 6.22. The summed E-state index contributed by atoms with van der Waals surface area (Å²) in [5.74, 6) is 2.30. The summed E-state index contributed by atoms with van der Waals surface area (Å²) in [7, 11) is 0. The maximum absolute atomic E-state index is 11.8. The molecule has 10 heteroatoms. The lowest BCUT2D eigenvalue weighted by molar-refractivity contribution is -0.0809. The Balaban J connectivity index is 2.54. The Morgan fingerprint density at radius 3 is 2.86 bits per heavy atom. The predicted octanol–water partition coefficient (Wildman–Crippen LogP) is -0.963. The molecule has 0 bridgehead atoms. The van der Waals surface area contributed by atoms with E-state index in [0.29, 0.717) is 0 Å². The van der Waals surface area contributed by atoms with Crippen molar-refractivity contribution in [1.29, 1.82) is 0 Å². The van der Waals surface area contributed by atoms with Gasteiger partial charge in [0.25, 0.3) is 0 Å². The van der Waals surface area contributed by atoms with E-state index in [1.807, 2.05) is 0 Å². The lowest BCUT2D eigenvalue weighted by atomic mass is 9.97. The molecule has 0 aromatic carbocycles. The second kappa shape index (κ2) is 5.79. The molecule has 1 saturated heterocycles. The number of ether oxygens (including phenoxy) is 1. The van der Waals surface area contributed by atoms with Crippen LogP contribution in [0.2, 0.25) is 0 Å². The van der Waals surface area contributed by atoms with Crippen molar-refractivity contribution in [2.24, 2.45) is 0 Å². The summed E-state index contributed by atoms with van der Waals surface area (Å²) in [4.78, 5) is 13.6. The fraction of sp³-hybridized carbons (Fsp3) is 0.545. The van der Waals surface area contributed by atoms with Gasteiger partial charge >= 0.3 is 5.69 Å². The molecule has 1 fully saturated rings. The van der Waals surface area contributed by atoms with Crippen molar-refractivity contribution in [1.82, 2.24) is 14.8 Å². The van der Waals surface area contributed by atoms with E-state index in [1.165, 1.54) is 6.92 Å². The Labute approximate surface area is 129 Å². The molecule has 0 spiro atoms. The van der Waals surface area contributed by atoms with Crippen molar-refractivity contribution < 1.29 is 14.9 Å². The number of aliphatic hydroxyl groups excluding tert-OH is 2. The molecular weight excluding hydrogens is 323 g/mol. The number of anilines is 1. The zero-order valence-electron chi connectivity index (χ0n) is 10.8. The van der Waals surface area contributed by atoms with E-state index in [-0.39, 0.29) is 5.82 Å². The van der Waals surface area contributed by atoms with Crippen molar-refractivity contribution in [3.8, 4) is 11.3 Å². The van der Waals surface area contributed by atoms with Gasteiger partial charge in [-0.3, -0.25) is 0 Å². The van der Waals surface area contributed by atoms with Crippen LogP contribution in [0.4, 0.5) is 5.82 Å². The van der Waals surface area contributed by atoms with Gasteiger partial charge < -0.3 is 20.7 Å². The molecule has 0 radical (unpaired) electrons. The van der Waals surface area contributed by atoms with E-state index in [0.717, 1.165) is 10.9 Å². The Hall–Kier alpha value is -1.37. The number of rotatable bonds is 2. The first-order valence-corrected chi connectivity index (χ1v) is 6.61. The summed E-state index contributed by atoms with van der Waals surface area (Å²) >= 11 is 11.6. The summed E-state index contributed by atoms with van der Waals surface area (Å²) in [6, 6.07) is 0. The van der Waals surface area contributed by atoms with Crippen LogP contribution in [-0.2, 0) is 4.74 Å². The van der Waals surface area contributed by atoms with E-state index < -0.39 is 35.1 Å². The van der Waals surface area contributed by atoms with Crippen LogP contribution in [-0.4, -0.2) is 48.2 Å². The summed E-state index contributed by atoms with van der Waals surface area (Å²) in [6.45, 7) is 1.40. The van der Waals surface area contributed by atoms with Crippen LogP contribution in [0.3, 0.4) is 0 Å². The number of halogens is 2. The van der Waals surface area contributed by atoms with Crippen LogP contribution < -0.4 is 11.4 Å². The van der Waals surface area contributed by atoms with Gasteiger partial charge in [-0.05, 0) is 18.5 Å². The molecule has 0 aliphatic carbocycles. The number of hydrogen-bond acceptors (Lipinski definition) is 7. The average molecular weight is 335 g/mol. The van der Waals surface area contributed by atoms with E-state index in [1.54, 1.807) is 0 Å². The molecule has 21 heavy (non-hydrogen) atoms. The molecule has 2 rings (SSSR count). The van der Waals surface area contributed by atoms with Gasteiger partial charge in [0.15, 0.2) is 11.1 Å². The second-order valence-corrected chi connectivity index (χ2v) is 5.35. The van der Waals surface area contributed by atoms with Crippen LogP contribution in [0.15, 0.2) is 11.0 Å². The van der Waals surface area contributed by atoms with Gasteiger partial charge in [0.1, 0.15) is 18.0 Å². The number of hydrogen-bond donors (Lipinski definition) is 3. The fourth-order valence-electron chi connectivity index (χ4n) is 2.05. The quantitative estimate of drug-likeness (QED) is 0.470. The number of nitrogens with zero attached hydrogens (tertiary/aromatic N) is 3. The lowest BCUT2D eigenvalue weighted by Crippen LogP contribution is -2.45. The van der Waals surface area contributed by atoms with Crippen molar-refractivity contribution in [2.75, 3.05) is 5.73 Å². The maximum atomic E-state index is 11.8. The molecule has 2 unspecified atom stereocenters. The first kappa shape index (κ1) is 16.0. The predicted molar refractivity (Wildman–Crippen MR) is 74.5 cm³/mol. The Morgan fingerprint density at radius 1 is 1.67 bits per heavy atom. The highest BCUT2D eigenvalue weighted by molar-refractivity contribution is 6.32. The Kier molecular flexibility index (Phi) is 4.41. The smallest absolute Gasteiger partial charge is 0.368 e. The van der Waals surface area contributed by atoms with Crippen molar-refractivity contribution in [2.45, 2.75) is 36.3 Å². The third-order valence-electron chi connectivity index (χ3n) is 3.06. The molecule has 0 saturated carbocycles. The van der Waals surface area contributed by atoms with Crippen LogP contribution in [0, 0.1) is 11.3 Å².